The van der Waals surface area contributed by atoms with E-state index in [1.54, 1.807) is 44.5 Å². The number of aryl methyl sites for hydroxylation is 1. The summed E-state index contributed by atoms with van der Waals surface area (Å²) < 4.78 is 0. The van der Waals surface area contributed by atoms with E-state index in [1.807, 2.05) is 0 Å². The number of amides is 1. The maximum atomic E-state index is 11.9. The third-order valence-electron chi connectivity index (χ3n) is 4.19. The molecule has 7 nitrogen and oxygen atoms in total. The van der Waals surface area contributed by atoms with Gasteiger partial charge in [-0.05, 0) is 12.5 Å². The van der Waals surface area contributed by atoms with Gasteiger partial charge in [-0.25, -0.2) is 4.98 Å². The Morgan fingerprint density at radius 2 is 2.17 bits per heavy atom. The zero-order valence-electron chi connectivity index (χ0n) is 13.6. The smallest absolute Gasteiger partial charge is 0.227 e. The van der Waals surface area contributed by atoms with Gasteiger partial charge in [0.05, 0.1) is 17.2 Å². The molecular weight excluding hydrogens is 294 g/mol. The second kappa shape index (κ2) is 6.00. The summed E-state index contributed by atoms with van der Waals surface area (Å²) in [5, 5.41) is 10.4. The molecule has 0 unspecified atom stereocenters. The predicted molar refractivity (Wildman–Crippen MR) is 85.7 cm³/mol. The average Bonchev–Trinajstić information content (AvgIpc) is 2.99. The Bertz CT molecular complexity index is 706. The first-order chi connectivity index (χ1) is 11.0. The molecule has 1 amide bonds. The standard InChI is InChI=1S/C16H21N5O2/c1-10-14(22)13(15-17-4-5-18-15)11(6-19-10)7-21-8-12(9-21)16(23)20(2)3/h4-6,12,22H,7-9H2,1-3H3,(H,17,18). The Labute approximate surface area is 135 Å². The number of hydrogen-bond donors (Lipinski definition) is 2. The number of aromatic amines is 1. The molecule has 1 aliphatic rings. The van der Waals surface area contributed by atoms with Gasteiger partial charge in [0.2, 0.25) is 5.91 Å². The molecule has 0 atom stereocenters. The van der Waals surface area contributed by atoms with Crippen LogP contribution in [0.4, 0.5) is 0 Å². The minimum atomic E-state index is 0.0593. The van der Waals surface area contributed by atoms with Crippen molar-refractivity contribution in [2.75, 3.05) is 27.2 Å². The van der Waals surface area contributed by atoms with Crippen LogP contribution in [0.15, 0.2) is 18.6 Å². The average molecular weight is 315 g/mol. The summed E-state index contributed by atoms with van der Waals surface area (Å²) in [5.41, 5.74) is 2.16. The fraction of sp³-hybridized carbons (Fsp3) is 0.438. The predicted octanol–water partition coefficient (Wildman–Crippen LogP) is 1.01. The van der Waals surface area contributed by atoms with Crippen molar-refractivity contribution in [1.82, 2.24) is 24.8 Å². The lowest BCUT2D eigenvalue weighted by molar-refractivity contribution is -0.138. The van der Waals surface area contributed by atoms with Crippen molar-refractivity contribution in [2.45, 2.75) is 13.5 Å². The topological polar surface area (TPSA) is 85.4 Å². The molecule has 2 aromatic heterocycles. The molecule has 1 saturated heterocycles. The highest BCUT2D eigenvalue weighted by Gasteiger charge is 2.34. The number of carbonyl (C=O) groups excluding carboxylic acids is 1. The molecule has 3 rings (SSSR count). The normalized spacial score (nSPS) is 15.4. The number of imidazole rings is 1. The number of rotatable bonds is 4. The number of carbonyl (C=O) groups is 1. The lowest BCUT2D eigenvalue weighted by Gasteiger charge is -2.39. The molecular formula is C16H21N5O2. The van der Waals surface area contributed by atoms with E-state index in [9.17, 15) is 9.90 Å². The van der Waals surface area contributed by atoms with Crippen LogP contribution in [0, 0.1) is 12.8 Å². The number of hydrogen-bond acceptors (Lipinski definition) is 5. The third kappa shape index (κ3) is 2.92. The number of nitrogens with one attached hydrogen (secondary N) is 1. The van der Waals surface area contributed by atoms with Gasteiger partial charge in [-0.2, -0.15) is 0 Å². The maximum Gasteiger partial charge on any atom is 0.227 e. The van der Waals surface area contributed by atoms with Crippen molar-refractivity contribution in [3.8, 4) is 17.1 Å². The quantitative estimate of drug-likeness (QED) is 0.879. The molecule has 1 aliphatic heterocycles. The largest absolute Gasteiger partial charge is 0.505 e. The minimum Gasteiger partial charge on any atom is -0.505 e. The molecule has 0 saturated carbocycles. The summed E-state index contributed by atoms with van der Waals surface area (Å²) in [5.74, 6) is 1.00. The maximum absolute atomic E-state index is 11.9. The number of aromatic hydroxyl groups is 1. The Morgan fingerprint density at radius 3 is 2.78 bits per heavy atom. The van der Waals surface area contributed by atoms with Crippen LogP contribution in [-0.4, -0.2) is 63.0 Å². The zero-order chi connectivity index (χ0) is 16.6. The van der Waals surface area contributed by atoms with E-state index in [-0.39, 0.29) is 17.6 Å². The van der Waals surface area contributed by atoms with Crippen LogP contribution in [-0.2, 0) is 11.3 Å². The SMILES string of the molecule is Cc1ncc(CN2CC(C(=O)N(C)C)C2)c(-c2ncc[nH]2)c1O. The van der Waals surface area contributed by atoms with E-state index in [4.69, 9.17) is 0 Å². The van der Waals surface area contributed by atoms with Crippen molar-refractivity contribution in [1.29, 1.82) is 0 Å². The fourth-order valence-corrected chi connectivity index (χ4v) is 2.88. The molecule has 0 aliphatic carbocycles. The van der Waals surface area contributed by atoms with Crippen LogP contribution < -0.4 is 0 Å². The van der Waals surface area contributed by atoms with Crippen molar-refractivity contribution >= 4 is 5.91 Å². The Morgan fingerprint density at radius 1 is 1.43 bits per heavy atom. The monoisotopic (exact) mass is 315 g/mol. The second-order valence-electron chi connectivity index (χ2n) is 6.15. The number of nitrogens with zero attached hydrogens (tertiary/aromatic N) is 4. The van der Waals surface area contributed by atoms with Gasteiger partial charge < -0.3 is 15.0 Å². The third-order valence-corrected chi connectivity index (χ3v) is 4.19. The first-order valence-corrected chi connectivity index (χ1v) is 7.58. The van der Waals surface area contributed by atoms with E-state index in [2.05, 4.69) is 19.9 Å². The summed E-state index contributed by atoms with van der Waals surface area (Å²) in [6, 6.07) is 0. The molecule has 0 bridgehead atoms. The summed E-state index contributed by atoms with van der Waals surface area (Å²) in [7, 11) is 3.56. The zero-order valence-corrected chi connectivity index (χ0v) is 13.6. The number of aromatic nitrogens is 3. The van der Waals surface area contributed by atoms with Gasteiger partial charge in [0.15, 0.2) is 0 Å². The van der Waals surface area contributed by atoms with Crippen LogP contribution >= 0.6 is 0 Å². The Balaban J connectivity index is 1.78. The second-order valence-corrected chi connectivity index (χ2v) is 6.15. The van der Waals surface area contributed by atoms with Crippen LogP contribution in [0.2, 0.25) is 0 Å². The fourth-order valence-electron chi connectivity index (χ4n) is 2.88. The molecule has 3 heterocycles. The first kappa shape index (κ1) is 15.5. The van der Waals surface area contributed by atoms with Crippen molar-refractivity contribution < 1.29 is 9.90 Å². The van der Waals surface area contributed by atoms with E-state index < -0.39 is 0 Å². The molecule has 2 N–H and O–H groups in total. The molecule has 0 radical (unpaired) electrons. The number of H-pyrrole nitrogens is 1. The van der Waals surface area contributed by atoms with Crippen LogP contribution in [0.25, 0.3) is 11.4 Å². The van der Waals surface area contributed by atoms with E-state index >= 15 is 0 Å². The van der Waals surface area contributed by atoms with Crippen molar-refractivity contribution in [3.05, 3.63) is 29.8 Å². The summed E-state index contributed by atoms with van der Waals surface area (Å²) >= 11 is 0. The molecule has 2 aromatic rings. The minimum absolute atomic E-state index is 0.0593. The highest BCUT2D eigenvalue weighted by molar-refractivity contribution is 5.79. The lowest BCUT2D eigenvalue weighted by Crippen LogP contribution is -2.52. The molecule has 0 spiro atoms. The van der Waals surface area contributed by atoms with Gasteiger partial charge in [-0.3, -0.25) is 14.7 Å². The van der Waals surface area contributed by atoms with Gasteiger partial charge >= 0.3 is 0 Å². The van der Waals surface area contributed by atoms with Crippen LogP contribution in [0.3, 0.4) is 0 Å². The van der Waals surface area contributed by atoms with Gasteiger partial charge in [0, 0.05) is 52.3 Å². The molecule has 122 valence electrons. The van der Waals surface area contributed by atoms with Crippen LogP contribution in [0.1, 0.15) is 11.3 Å². The van der Waals surface area contributed by atoms with Gasteiger partial charge in [-0.1, -0.05) is 0 Å². The van der Waals surface area contributed by atoms with E-state index in [0.29, 0.717) is 23.6 Å². The number of pyridine rings is 1. The first-order valence-electron chi connectivity index (χ1n) is 7.58. The molecule has 1 fully saturated rings. The van der Waals surface area contributed by atoms with Crippen LogP contribution in [0.5, 0.6) is 5.75 Å². The van der Waals surface area contributed by atoms with Crippen molar-refractivity contribution in [2.24, 2.45) is 5.92 Å². The number of likely N-dealkylation sites (tertiary alicyclic amines) is 1. The summed E-state index contributed by atoms with van der Waals surface area (Å²) in [6.07, 6.45) is 5.15. The summed E-state index contributed by atoms with van der Waals surface area (Å²) in [6.45, 7) is 3.85. The molecule has 23 heavy (non-hydrogen) atoms. The van der Waals surface area contributed by atoms with E-state index in [0.717, 1.165) is 18.7 Å². The van der Waals surface area contributed by atoms with Gasteiger partial charge in [0.25, 0.3) is 0 Å². The van der Waals surface area contributed by atoms with Gasteiger partial charge in [-0.15, -0.1) is 0 Å². The Hall–Kier alpha value is -2.41. The van der Waals surface area contributed by atoms with E-state index in [1.165, 1.54) is 0 Å². The Kier molecular flexibility index (Phi) is 4.04. The molecule has 7 heteroatoms. The molecule has 0 aromatic carbocycles. The summed E-state index contributed by atoms with van der Waals surface area (Å²) in [4.78, 5) is 27.2. The van der Waals surface area contributed by atoms with Gasteiger partial charge in [0.1, 0.15) is 11.6 Å². The van der Waals surface area contributed by atoms with Crippen molar-refractivity contribution in [3.63, 3.8) is 0 Å². The highest BCUT2D eigenvalue weighted by atomic mass is 16.3. The lowest BCUT2D eigenvalue weighted by atomic mass is 9.97. The highest BCUT2D eigenvalue weighted by Crippen LogP contribution is 2.33.